The highest BCUT2D eigenvalue weighted by Crippen LogP contribution is 2.27. The number of benzene rings is 1. The Kier molecular flexibility index (Phi) is 5.95. The molecule has 0 bridgehead atoms. The van der Waals surface area contributed by atoms with Crippen LogP contribution in [0.3, 0.4) is 0 Å². The molecule has 1 amide bonds. The van der Waals surface area contributed by atoms with Gasteiger partial charge in [0.25, 0.3) is 5.56 Å². The van der Waals surface area contributed by atoms with Crippen molar-refractivity contribution in [2.24, 2.45) is 0 Å². The molecule has 3 aromatic rings. The molecule has 0 aliphatic carbocycles. The fraction of sp³-hybridized carbons (Fsp3) is 0.417. The number of para-hydroxylation sites is 1. The Balaban J connectivity index is 1.28. The van der Waals surface area contributed by atoms with Crippen LogP contribution in [0.1, 0.15) is 35.0 Å². The summed E-state index contributed by atoms with van der Waals surface area (Å²) in [5.74, 6) is 1.62. The summed E-state index contributed by atoms with van der Waals surface area (Å²) in [4.78, 5) is 37.4. The molecular formula is C24H28N6O3. The summed E-state index contributed by atoms with van der Waals surface area (Å²) in [5, 5.41) is 4.11. The number of methoxy groups -OCH3 is 1. The van der Waals surface area contributed by atoms with Gasteiger partial charge in [0.2, 0.25) is 5.91 Å². The molecule has 1 fully saturated rings. The number of hydrogen-bond donors (Lipinski definition) is 1. The molecule has 4 heterocycles. The molecule has 9 heteroatoms. The van der Waals surface area contributed by atoms with E-state index in [0.717, 1.165) is 42.1 Å². The van der Waals surface area contributed by atoms with Gasteiger partial charge in [0.15, 0.2) is 0 Å². The molecule has 0 spiro atoms. The Bertz CT molecular complexity index is 1190. The SMILES string of the molecule is COc1ccccc1CN1CCc2c(nc([C@H]3CCN(C(=O)Cn4cccn4)C3)[nH]c2=O)C1. The number of nitrogens with zero attached hydrogens (tertiary/aromatic N) is 5. The first-order valence-corrected chi connectivity index (χ1v) is 11.3. The highest BCUT2D eigenvalue weighted by atomic mass is 16.5. The molecule has 1 atom stereocenters. The maximum Gasteiger partial charge on any atom is 0.254 e. The smallest absolute Gasteiger partial charge is 0.254 e. The number of ether oxygens (including phenoxy) is 1. The van der Waals surface area contributed by atoms with Gasteiger partial charge in [-0.25, -0.2) is 4.98 Å². The number of carbonyl (C=O) groups is 1. The molecule has 0 radical (unpaired) electrons. The zero-order chi connectivity index (χ0) is 22.8. The van der Waals surface area contributed by atoms with Crippen LogP contribution in [0.5, 0.6) is 5.75 Å². The van der Waals surface area contributed by atoms with Crippen LogP contribution < -0.4 is 10.3 Å². The molecule has 2 aliphatic heterocycles. The van der Waals surface area contributed by atoms with Crippen molar-refractivity contribution in [2.45, 2.75) is 38.4 Å². The summed E-state index contributed by atoms with van der Waals surface area (Å²) in [7, 11) is 1.68. The number of likely N-dealkylation sites (tertiary alicyclic amines) is 1. The minimum atomic E-state index is -0.0479. The topological polar surface area (TPSA) is 96.3 Å². The van der Waals surface area contributed by atoms with Gasteiger partial charge in [0, 0.05) is 62.2 Å². The van der Waals surface area contributed by atoms with E-state index in [1.807, 2.05) is 23.1 Å². The molecule has 172 valence electrons. The summed E-state index contributed by atoms with van der Waals surface area (Å²) >= 11 is 0. The lowest BCUT2D eigenvalue weighted by Crippen LogP contribution is -2.36. The van der Waals surface area contributed by atoms with Crippen molar-refractivity contribution in [3.63, 3.8) is 0 Å². The maximum absolute atomic E-state index is 12.8. The van der Waals surface area contributed by atoms with Crippen molar-refractivity contribution in [3.8, 4) is 5.75 Å². The Labute approximate surface area is 192 Å². The zero-order valence-corrected chi connectivity index (χ0v) is 18.7. The number of carbonyl (C=O) groups excluding carboxylic acids is 1. The van der Waals surface area contributed by atoms with E-state index in [4.69, 9.17) is 9.72 Å². The van der Waals surface area contributed by atoms with E-state index >= 15 is 0 Å². The molecule has 0 saturated carbocycles. The van der Waals surface area contributed by atoms with E-state index in [2.05, 4.69) is 21.0 Å². The predicted octanol–water partition coefficient (Wildman–Crippen LogP) is 1.55. The number of hydrogen-bond acceptors (Lipinski definition) is 6. The van der Waals surface area contributed by atoms with Crippen molar-refractivity contribution < 1.29 is 9.53 Å². The van der Waals surface area contributed by atoms with Gasteiger partial charge in [-0.1, -0.05) is 18.2 Å². The van der Waals surface area contributed by atoms with E-state index in [9.17, 15) is 9.59 Å². The van der Waals surface area contributed by atoms with Crippen molar-refractivity contribution in [2.75, 3.05) is 26.7 Å². The predicted molar refractivity (Wildman–Crippen MR) is 122 cm³/mol. The minimum Gasteiger partial charge on any atom is -0.496 e. The second kappa shape index (κ2) is 9.19. The Morgan fingerprint density at radius 2 is 2.12 bits per heavy atom. The van der Waals surface area contributed by atoms with Gasteiger partial charge in [-0.3, -0.25) is 19.2 Å². The van der Waals surface area contributed by atoms with Crippen LogP contribution in [-0.2, 0) is 30.8 Å². The van der Waals surface area contributed by atoms with Crippen molar-refractivity contribution in [3.05, 3.63) is 75.7 Å². The van der Waals surface area contributed by atoms with E-state index in [-0.39, 0.29) is 23.9 Å². The standard InChI is InChI=1S/C24H28N6O3/c1-33-21-6-3-2-5-17(21)13-28-11-8-19-20(15-28)26-23(27-24(19)32)18-7-12-29(14-18)22(31)16-30-10-4-9-25-30/h2-6,9-10,18H,7-8,11-16H2,1H3,(H,26,27,32)/t18-/m0/s1. The fourth-order valence-corrected chi connectivity index (χ4v) is 4.76. The molecule has 9 nitrogen and oxygen atoms in total. The maximum atomic E-state index is 12.8. The Morgan fingerprint density at radius 3 is 2.94 bits per heavy atom. The first kappa shape index (κ1) is 21.4. The van der Waals surface area contributed by atoms with E-state index in [1.165, 1.54) is 0 Å². The van der Waals surface area contributed by atoms with Gasteiger partial charge < -0.3 is 14.6 Å². The third-order valence-electron chi connectivity index (χ3n) is 6.54. The van der Waals surface area contributed by atoms with Crippen LogP contribution in [0.15, 0.2) is 47.5 Å². The van der Waals surface area contributed by atoms with Crippen molar-refractivity contribution in [1.82, 2.24) is 29.5 Å². The number of H-pyrrole nitrogens is 1. The Morgan fingerprint density at radius 1 is 1.24 bits per heavy atom. The van der Waals surface area contributed by atoms with E-state index in [0.29, 0.717) is 31.9 Å². The molecule has 2 aliphatic rings. The molecule has 0 unspecified atom stereocenters. The third-order valence-corrected chi connectivity index (χ3v) is 6.54. The summed E-state index contributed by atoms with van der Waals surface area (Å²) in [6, 6.07) is 9.81. The van der Waals surface area contributed by atoms with Crippen LogP contribution >= 0.6 is 0 Å². The molecule has 1 aromatic carbocycles. The Hall–Kier alpha value is -3.46. The molecule has 1 N–H and O–H groups in total. The van der Waals surface area contributed by atoms with Crippen LogP contribution in [0.2, 0.25) is 0 Å². The van der Waals surface area contributed by atoms with E-state index in [1.54, 1.807) is 30.3 Å². The number of amides is 1. The number of fused-ring (bicyclic) bond motifs is 1. The lowest BCUT2D eigenvalue weighted by molar-refractivity contribution is -0.131. The average molecular weight is 449 g/mol. The van der Waals surface area contributed by atoms with Crippen molar-refractivity contribution >= 4 is 5.91 Å². The van der Waals surface area contributed by atoms with Gasteiger partial charge in [0.1, 0.15) is 18.1 Å². The summed E-state index contributed by atoms with van der Waals surface area (Å²) < 4.78 is 7.12. The number of nitrogens with one attached hydrogen (secondary N) is 1. The number of aromatic nitrogens is 4. The molecule has 5 rings (SSSR count). The molecule has 2 aromatic heterocycles. The second-order valence-electron chi connectivity index (χ2n) is 8.68. The van der Waals surface area contributed by atoms with Gasteiger partial charge in [-0.2, -0.15) is 5.10 Å². The lowest BCUT2D eigenvalue weighted by atomic mass is 10.0. The highest BCUT2D eigenvalue weighted by molar-refractivity contribution is 5.76. The van der Waals surface area contributed by atoms with Gasteiger partial charge >= 0.3 is 0 Å². The minimum absolute atomic E-state index is 0.0319. The van der Waals surface area contributed by atoms with Gasteiger partial charge in [-0.15, -0.1) is 0 Å². The molecule has 33 heavy (non-hydrogen) atoms. The monoisotopic (exact) mass is 448 g/mol. The quantitative estimate of drug-likeness (QED) is 0.615. The average Bonchev–Trinajstić information content (AvgIpc) is 3.52. The zero-order valence-electron chi connectivity index (χ0n) is 18.7. The second-order valence-corrected chi connectivity index (χ2v) is 8.68. The van der Waals surface area contributed by atoms with Crippen LogP contribution in [0.4, 0.5) is 0 Å². The summed E-state index contributed by atoms with van der Waals surface area (Å²) in [6.45, 7) is 3.61. The summed E-state index contributed by atoms with van der Waals surface area (Å²) in [6.07, 6.45) is 4.91. The van der Waals surface area contributed by atoms with Crippen molar-refractivity contribution in [1.29, 1.82) is 0 Å². The van der Waals surface area contributed by atoms with Gasteiger partial charge in [0.05, 0.1) is 12.8 Å². The van der Waals surface area contributed by atoms with E-state index < -0.39 is 0 Å². The fourth-order valence-electron chi connectivity index (χ4n) is 4.76. The van der Waals surface area contributed by atoms with Crippen LogP contribution in [-0.4, -0.2) is 62.2 Å². The van der Waals surface area contributed by atoms with Crippen LogP contribution in [0.25, 0.3) is 0 Å². The van der Waals surface area contributed by atoms with Crippen LogP contribution in [0, 0.1) is 0 Å². The number of rotatable bonds is 6. The largest absolute Gasteiger partial charge is 0.496 e. The lowest BCUT2D eigenvalue weighted by Gasteiger charge is -2.28. The molecule has 1 saturated heterocycles. The van der Waals surface area contributed by atoms with Gasteiger partial charge in [-0.05, 0) is 25.0 Å². The first-order valence-electron chi connectivity index (χ1n) is 11.3. The summed E-state index contributed by atoms with van der Waals surface area (Å²) in [5.41, 5.74) is 2.69. The highest BCUT2D eigenvalue weighted by Gasteiger charge is 2.30. The molecular weight excluding hydrogens is 420 g/mol. The normalized spacial score (nSPS) is 18.3. The third kappa shape index (κ3) is 4.54. The first-order chi connectivity index (χ1) is 16.1. The number of aromatic amines is 1.